The Morgan fingerprint density at radius 1 is 1.06 bits per heavy atom. The summed E-state index contributed by atoms with van der Waals surface area (Å²) < 4.78 is 56.8. The third kappa shape index (κ3) is 4.38. The first kappa shape index (κ1) is 24.1. The highest BCUT2D eigenvalue weighted by atomic mass is 19.4. The molecule has 3 heterocycles. The molecule has 0 saturated heterocycles. The lowest BCUT2D eigenvalue weighted by molar-refractivity contribution is -0.138. The summed E-state index contributed by atoms with van der Waals surface area (Å²) in [6.07, 6.45) is 0.162. The predicted molar refractivity (Wildman–Crippen MR) is 127 cm³/mol. The number of hydrogen-bond donors (Lipinski definition) is 0. The minimum absolute atomic E-state index is 0.0449. The minimum atomic E-state index is -4.61. The van der Waals surface area contributed by atoms with Gasteiger partial charge in [-0.05, 0) is 80.3 Å². The van der Waals surface area contributed by atoms with Crippen LogP contribution in [0.2, 0.25) is 0 Å². The fourth-order valence-electron chi connectivity index (χ4n) is 5.33. The van der Waals surface area contributed by atoms with Crippen molar-refractivity contribution in [3.63, 3.8) is 0 Å². The molecular weight excluding hydrogens is 472 g/mol. The van der Waals surface area contributed by atoms with Crippen LogP contribution in [0.25, 0.3) is 11.2 Å². The van der Waals surface area contributed by atoms with E-state index in [1.165, 1.54) is 22.9 Å². The van der Waals surface area contributed by atoms with Gasteiger partial charge in [0.25, 0.3) is 5.56 Å². The number of pyridine rings is 2. The fourth-order valence-corrected chi connectivity index (χ4v) is 5.33. The second kappa shape index (κ2) is 9.11. The zero-order valence-electron chi connectivity index (χ0n) is 19.8. The van der Waals surface area contributed by atoms with Crippen molar-refractivity contribution < 1.29 is 17.6 Å². The van der Waals surface area contributed by atoms with Gasteiger partial charge in [-0.15, -0.1) is 0 Å². The number of hydrogen-bond acceptors (Lipinski definition) is 4. The molecular formula is C27H24F4N4O. The fraction of sp³-hybridized carbons (Fsp3) is 0.333. The van der Waals surface area contributed by atoms with Crippen LogP contribution < -0.4 is 5.56 Å². The Kier molecular flexibility index (Phi) is 6.10. The number of benzene rings is 1. The minimum Gasteiger partial charge on any atom is -0.285 e. The van der Waals surface area contributed by atoms with Crippen molar-refractivity contribution in [2.75, 3.05) is 0 Å². The molecule has 1 fully saturated rings. The van der Waals surface area contributed by atoms with Crippen molar-refractivity contribution in [3.05, 3.63) is 98.6 Å². The van der Waals surface area contributed by atoms with Gasteiger partial charge in [0.15, 0.2) is 5.65 Å². The van der Waals surface area contributed by atoms with E-state index >= 15 is 0 Å². The van der Waals surface area contributed by atoms with Gasteiger partial charge >= 0.3 is 6.18 Å². The van der Waals surface area contributed by atoms with E-state index in [4.69, 9.17) is 0 Å². The average molecular weight is 497 g/mol. The summed E-state index contributed by atoms with van der Waals surface area (Å²) in [7, 11) is 0. The Bertz CT molecular complexity index is 1490. The molecule has 0 aliphatic heterocycles. The first-order valence-electron chi connectivity index (χ1n) is 11.8. The van der Waals surface area contributed by atoms with E-state index in [0.717, 1.165) is 11.6 Å². The van der Waals surface area contributed by atoms with Crippen molar-refractivity contribution in [1.82, 2.24) is 19.5 Å². The molecule has 1 aliphatic carbocycles. The highest BCUT2D eigenvalue weighted by molar-refractivity contribution is 5.71. The van der Waals surface area contributed by atoms with Crippen LogP contribution in [0.1, 0.15) is 64.7 Å². The standard InChI is InChI=1S/C27H24F4N4O/c1-15-5-3-7-21(28)24(15)18-9-8-17(11-18)19-12-22-25(34-16(2)13-33-22)35(26(19)36)14-23-20(27(29,30)31)6-4-10-32-23/h3-7,10,12-13,17-18H,8-9,11,14H2,1-2H3/t17-,18-/m1/s1. The van der Waals surface area contributed by atoms with Crippen molar-refractivity contribution in [2.24, 2.45) is 0 Å². The monoisotopic (exact) mass is 496 g/mol. The van der Waals surface area contributed by atoms with Gasteiger partial charge in [-0.1, -0.05) is 12.1 Å². The maximum absolute atomic E-state index is 14.6. The van der Waals surface area contributed by atoms with E-state index in [0.29, 0.717) is 41.6 Å². The lowest BCUT2D eigenvalue weighted by Gasteiger charge is -2.18. The SMILES string of the molecule is Cc1cnc2cc([C@@H]3CC[C@@H](c4c(C)cccc4F)C3)c(=O)n(Cc3ncccc3C(F)(F)F)c2n1. The van der Waals surface area contributed by atoms with Gasteiger partial charge in [-0.2, -0.15) is 13.2 Å². The molecule has 1 saturated carbocycles. The number of fused-ring (bicyclic) bond motifs is 1. The summed E-state index contributed by atoms with van der Waals surface area (Å²) in [5.74, 6) is -0.477. The third-order valence-electron chi connectivity index (χ3n) is 7.00. The van der Waals surface area contributed by atoms with E-state index < -0.39 is 17.3 Å². The Balaban J connectivity index is 1.60. The molecule has 5 nitrogen and oxygen atoms in total. The topological polar surface area (TPSA) is 60.7 Å². The van der Waals surface area contributed by atoms with Crippen molar-refractivity contribution >= 4 is 11.2 Å². The van der Waals surface area contributed by atoms with Crippen molar-refractivity contribution in [3.8, 4) is 0 Å². The van der Waals surface area contributed by atoms with E-state index in [2.05, 4.69) is 15.0 Å². The number of aryl methyl sites for hydroxylation is 2. The molecule has 0 amide bonds. The maximum Gasteiger partial charge on any atom is 0.418 e. The molecule has 4 aromatic rings. The normalized spacial score (nSPS) is 18.2. The number of nitrogens with zero attached hydrogens (tertiary/aromatic N) is 4. The number of aromatic nitrogens is 4. The second-order valence-corrected chi connectivity index (χ2v) is 9.38. The van der Waals surface area contributed by atoms with Gasteiger partial charge < -0.3 is 0 Å². The Morgan fingerprint density at radius 3 is 2.58 bits per heavy atom. The van der Waals surface area contributed by atoms with E-state index in [-0.39, 0.29) is 35.5 Å². The van der Waals surface area contributed by atoms with Gasteiger partial charge in [0.1, 0.15) is 11.3 Å². The highest BCUT2D eigenvalue weighted by Crippen LogP contribution is 2.44. The molecule has 186 valence electrons. The summed E-state index contributed by atoms with van der Waals surface area (Å²) in [6, 6.07) is 8.85. The van der Waals surface area contributed by atoms with Crippen LogP contribution in [0.4, 0.5) is 17.6 Å². The quantitative estimate of drug-likeness (QED) is 0.322. The van der Waals surface area contributed by atoms with Crippen LogP contribution in [-0.2, 0) is 12.7 Å². The van der Waals surface area contributed by atoms with Crippen LogP contribution in [-0.4, -0.2) is 19.5 Å². The molecule has 2 atom stereocenters. The predicted octanol–water partition coefficient (Wildman–Crippen LogP) is 6.06. The van der Waals surface area contributed by atoms with Gasteiger partial charge in [0.05, 0.1) is 23.5 Å². The molecule has 0 unspecified atom stereocenters. The molecule has 0 N–H and O–H groups in total. The van der Waals surface area contributed by atoms with Crippen LogP contribution in [0.3, 0.4) is 0 Å². The zero-order chi connectivity index (χ0) is 25.6. The summed E-state index contributed by atoms with van der Waals surface area (Å²) in [6.45, 7) is 3.19. The Hall–Kier alpha value is -3.62. The second-order valence-electron chi connectivity index (χ2n) is 9.38. The highest BCUT2D eigenvalue weighted by Gasteiger charge is 2.35. The first-order valence-corrected chi connectivity index (χ1v) is 11.8. The number of alkyl halides is 3. The van der Waals surface area contributed by atoms with Crippen molar-refractivity contribution in [1.29, 1.82) is 0 Å². The Labute approximate surface area is 204 Å². The van der Waals surface area contributed by atoms with Gasteiger partial charge in [0, 0.05) is 18.0 Å². The van der Waals surface area contributed by atoms with Crippen LogP contribution in [0.5, 0.6) is 0 Å². The van der Waals surface area contributed by atoms with Crippen LogP contribution >= 0.6 is 0 Å². The largest absolute Gasteiger partial charge is 0.418 e. The molecule has 1 aliphatic rings. The summed E-state index contributed by atoms with van der Waals surface area (Å²) in [4.78, 5) is 26.5. The van der Waals surface area contributed by atoms with E-state index in [1.54, 1.807) is 25.3 Å². The molecule has 0 bridgehead atoms. The molecule has 1 aromatic carbocycles. The summed E-state index contributed by atoms with van der Waals surface area (Å²) in [5, 5.41) is 0. The van der Waals surface area contributed by atoms with E-state index in [9.17, 15) is 22.4 Å². The van der Waals surface area contributed by atoms with E-state index in [1.807, 2.05) is 13.0 Å². The molecule has 0 spiro atoms. The molecule has 5 rings (SSSR count). The van der Waals surface area contributed by atoms with Crippen LogP contribution in [0, 0.1) is 19.7 Å². The van der Waals surface area contributed by atoms with Gasteiger partial charge in [-0.3, -0.25) is 19.3 Å². The molecule has 9 heteroatoms. The summed E-state index contributed by atoms with van der Waals surface area (Å²) in [5.41, 5.74) is 1.59. The van der Waals surface area contributed by atoms with Crippen LogP contribution in [0.15, 0.2) is 53.6 Å². The average Bonchev–Trinajstić information content (AvgIpc) is 3.30. The lowest BCUT2D eigenvalue weighted by Crippen LogP contribution is -2.28. The van der Waals surface area contributed by atoms with Gasteiger partial charge in [-0.25, -0.2) is 9.37 Å². The lowest BCUT2D eigenvalue weighted by atomic mass is 9.90. The number of rotatable bonds is 4. The zero-order valence-corrected chi connectivity index (χ0v) is 19.8. The molecule has 3 aromatic heterocycles. The van der Waals surface area contributed by atoms with Crippen molar-refractivity contribution in [2.45, 2.75) is 57.7 Å². The molecule has 0 radical (unpaired) electrons. The smallest absolute Gasteiger partial charge is 0.285 e. The first-order chi connectivity index (χ1) is 17.1. The maximum atomic E-state index is 14.6. The number of halogens is 4. The summed E-state index contributed by atoms with van der Waals surface area (Å²) >= 11 is 0. The third-order valence-corrected chi connectivity index (χ3v) is 7.00. The Morgan fingerprint density at radius 2 is 1.83 bits per heavy atom. The molecule has 36 heavy (non-hydrogen) atoms. The van der Waals surface area contributed by atoms with Gasteiger partial charge in [0.2, 0.25) is 0 Å².